The van der Waals surface area contributed by atoms with Crippen molar-refractivity contribution in [1.29, 1.82) is 5.26 Å². The highest BCUT2D eigenvalue weighted by Crippen LogP contribution is 2.21. The number of aryl methyl sites for hydroxylation is 2. The lowest BCUT2D eigenvalue weighted by molar-refractivity contribution is 0.483. The van der Waals surface area contributed by atoms with Gasteiger partial charge in [-0.05, 0) is 39.2 Å². The number of anilines is 1. The first-order valence-corrected chi connectivity index (χ1v) is 6.62. The van der Waals surface area contributed by atoms with Gasteiger partial charge in [0.2, 0.25) is 0 Å². The molecule has 1 N–H and O–H groups in total. The Morgan fingerprint density at radius 3 is 2.61 bits per heavy atom. The minimum Gasteiger partial charge on any atom is -0.381 e. The van der Waals surface area contributed by atoms with Crippen LogP contribution in [0, 0.1) is 31.1 Å². The molecular formula is C15H23N3. The third-order valence-corrected chi connectivity index (χ3v) is 3.29. The van der Waals surface area contributed by atoms with E-state index in [0.29, 0.717) is 17.5 Å². The van der Waals surface area contributed by atoms with Gasteiger partial charge in [0.15, 0.2) is 0 Å². The van der Waals surface area contributed by atoms with Crippen molar-refractivity contribution >= 4 is 5.69 Å². The van der Waals surface area contributed by atoms with Crippen molar-refractivity contribution < 1.29 is 0 Å². The maximum Gasteiger partial charge on any atom is 0.103 e. The predicted molar refractivity (Wildman–Crippen MR) is 75.6 cm³/mol. The third kappa shape index (κ3) is 3.73. The first-order chi connectivity index (χ1) is 8.47. The van der Waals surface area contributed by atoms with Crippen molar-refractivity contribution in [2.75, 3.05) is 5.32 Å². The number of nitrogens with zero attached hydrogens (tertiary/aromatic N) is 2. The SMILES string of the molecule is CCC(C)CC(C)Nc1cc(C)nc(C)c1C#N. The molecule has 1 heterocycles. The Bertz CT molecular complexity index is 446. The van der Waals surface area contributed by atoms with Gasteiger partial charge in [0.05, 0.1) is 16.9 Å². The third-order valence-electron chi connectivity index (χ3n) is 3.29. The van der Waals surface area contributed by atoms with Crippen molar-refractivity contribution in [2.45, 2.75) is 53.5 Å². The summed E-state index contributed by atoms with van der Waals surface area (Å²) >= 11 is 0. The minimum absolute atomic E-state index is 0.369. The second kappa shape index (κ2) is 6.39. The largest absolute Gasteiger partial charge is 0.381 e. The molecule has 2 atom stereocenters. The van der Waals surface area contributed by atoms with E-state index < -0.39 is 0 Å². The van der Waals surface area contributed by atoms with E-state index in [4.69, 9.17) is 0 Å². The molecule has 1 aromatic rings. The Labute approximate surface area is 110 Å². The second-order valence-corrected chi connectivity index (χ2v) is 5.18. The van der Waals surface area contributed by atoms with Crippen LogP contribution in [0.25, 0.3) is 0 Å². The molecule has 0 saturated heterocycles. The van der Waals surface area contributed by atoms with Crippen LogP contribution < -0.4 is 5.32 Å². The molecular weight excluding hydrogens is 222 g/mol. The summed E-state index contributed by atoms with van der Waals surface area (Å²) in [4.78, 5) is 4.33. The van der Waals surface area contributed by atoms with Gasteiger partial charge in [-0.1, -0.05) is 20.3 Å². The lowest BCUT2D eigenvalue weighted by Gasteiger charge is -2.20. The van der Waals surface area contributed by atoms with E-state index in [1.54, 1.807) is 0 Å². The zero-order valence-corrected chi connectivity index (χ0v) is 12.0. The van der Waals surface area contributed by atoms with Gasteiger partial charge in [-0.15, -0.1) is 0 Å². The van der Waals surface area contributed by atoms with Gasteiger partial charge in [-0.25, -0.2) is 0 Å². The highest BCUT2D eigenvalue weighted by molar-refractivity contribution is 5.60. The first kappa shape index (κ1) is 14.5. The lowest BCUT2D eigenvalue weighted by atomic mass is 10.00. The number of nitrogens with one attached hydrogen (secondary N) is 1. The van der Waals surface area contributed by atoms with Crippen LogP contribution in [0.2, 0.25) is 0 Å². The summed E-state index contributed by atoms with van der Waals surface area (Å²) < 4.78 is 0. The van der Waals surface area contributed by atoms with Crippen molar-refractivity contribution in [1.82, 2.24) is 4.98 Å². The number of hydrogen-bond acceptors (Lipinski definition) is 3. The van der Waals surface area contributed by atoms with E-state index >= 15 is 0 Å². The quantitative estimate of drug-likeness (QED) is 0.858. The summed E-state index contributed by atoms with van der Waals surface area (Å²) in [5.41, 5.74) is 3.33. The average Bonchev–Trinajstić information content (AvgIpc) is 2.28. The summed E-state index contributed by atoms with van der Waals surface area (Å²) in [5.74, 6) is 0.696. The van der Waals surface area contributed by atoms with E-state index in [2.05, 4.69) is 37.1 Å². The smallest absolute Gasteiger partial charge is 0.103 e. The monoisotopic (exact) mass is 245 g/mol. The van der Waals surface area contributed by atoms with Gasteiger partial charge in [0.25, 0.3) is 0 Å². The summed E-state index contributed by atoms with van der Waals surface area (Å²) in [6.45, 7) is 10.5. The second-order valence-electron chi connectivity index (χ2n) is 5.18. The van der Waals surface area contributed by atoms with Crippen LogP contribution in [0.3, 0.4) is 0 Å². The van der Waals surface area contributed by atoms with Crippen molar-refractivity contribution in [3.8, 4) is 6.07 Å². The molecule has 0 aliphatic rings. The maximum atomic E-state index is 9.20. The molecule has 0 spiro atoms. The minimum atomic E-state index is 0.369. The zero-order valence-electron chi connectivity index (χ0n) is 12.0. The van der Waals surface area contributed by atoms with Crippen LogP contribution in [0.1, 0.15) is 50.6 Å². The molecule has 2 unspecified atom stereocenters. The number of nitriles is 1. The van der Waals surface area contributed by atoms with Gasteiger partial charge in [0, 0.05) is 11.7 Å². The van der Waals surface area contributed by atoms with Gasteiger partial charge in [0.1, 0.15) is 6.07 Å². The summed E-state index contributed by atoms with van der Waals surface area (Å²) in [7, 11) is 0. The van der Waals surface area contributed by atoms with E-state index in [1.807, 2.05) is 19.9 Å². The highest BCUT2D eigenvalue weighted by atomic mass is 14.9. The van der Waals surface area contributed by atoms with Crippen LogP contribution in [0.15, 0.2) is 6.07 Å². The van der Waals surface area contributed by atoms with Gasteiger partial charge < -0.3 is 5.32 Å². The Hall–Kier alpha value is -1.56. The van der Waals surface area contributed by atoms with Crippen molar-refractivity contribution in [3.05, 3.63) is 23.0 Å². The fourth-order valence-corrected chi connectivity index (χ4v) is 2.18. The molecule has 0 aliphatic heterocycles. The molecule has 3 nitrogen and oxygen atoms in total. The van der Waals surface area contributed by atoms with E-state index in [0.717, 1.165) is 23.5 Å². The topological polar surface area (TPSA) is 48.7 Å². The molecule has 1 rings (SSSR count). The Morgan fingerprint density at radius 2 is 2.06 bits per heavy atom. The Balaban J connectivity index is 2.87. The Morgan fingerprint density at radius 1 is 1.39 bits per heavy atom. The van der Waals surface area contributed by atoms with Gasteiger partial charge in [-0.3, -0.25) is 4.98 Å². The predicted octanol–water partition coefficient (Wildman–Crippen LogP) is 3.81. The molecule has 0 aliphatic carbocycles. The highest BCUT2D eigenvalue weighted by Gasteiger charge is 2.12. The molecule has 3 heteroatoms. The number of pyridine rings is 1. The molecule has 0 fully saturated rings. The lowest BCUT2D eigenvalue weighted by Crippen LogP contribution is -2.19. The van der Waals surface area contributed by atoms with Crippen molar-refractivity contribution in [3.63, 3.8) is 0 Å². The van der Waals surface area contributed by atoms with Crippen LogP contribution >= 0.6 is 0 Å². The molecule has 0 saturated carbocycles. The molecule has 0 aromatic carbocycles. The summed E-state index contributed by atoms with van der Waals surface area (Å²) in [6.07, 6.45) is 2.30. The fourth-order valence-electron chi connectivity index (χ4n) is 2.18. The number of aromatic nitrogens is 1. The zero-order chi connectivity index (χ0) is 13.7. The first-order valence-electron chi connectivity index (χ1n) is 6.62. The van der Waals surface area contributed by atoms with Gasteiger partial charge in [-0.2, -0.15) is 5.26 Å². The fraction of sp³-hybridized carbons (Fsp3) is 0.600. The van der Waals surface area contributed by atoms with Crippen LogP contribution in [0.5, 0.6) is 0 Å². The normalized spacial score (nSPS) is 13.8. The standard InChI is InChI=1S/C15H23N3/c1-6-10(2)7-11(3)18-15-8-12(4)17-13(5)14(15)9-16/h8,10-11H,6-7H2,1-5H3,(H,17,18). The molecule has 1 aromatic heterocycles. The molecule has 0 amide bonds. The summed E-state index contributed by atoms with van der Waals surface area (Å²) in [5, 5.41) is 12.6. The van der Waals surface area contributed by atoms with Crippen molar-refractivity contribution in [2.24, 2.45) is 5.92 Å². The number of hydrogen-bond donors (Lipinski definition) is 1. The molecule has 0 radical (unpaired) electrons. The maximum absolute atomic E-state index is 9.20. The van der Waals surface area contributed by atoms with Crippen LogP contribution in [-0.4, -0.2) is 11.0 Å². The van der Waals surface area contributed by atoms with E-state index in [-0.39, 0.29) is 0 Å². The molecule has 0 bridgehead atoms. The molecule has 18 heavy (non-hydrogen) atoms. The van der Waals surface area contributed by atoms with E-state index in [1.165, 1.54) is 6.42 Å². The van der Waals surface area contributed by atoms with Crippen LogP contribution in [0.4, 0.5) is 5.69 Å². The van der Waals surface area contributed by atoms with Gasteiger partial charge >= 0.3 is 0 Å². The Kier molecular flexibility index (Phi) is 5.15. The number of rotatable bonds is 5. The molecule has 98 valence electrons. The van der Waals surface area contributed by atoms with E-state index in [9.17, 15) is 5.26 Å². The average molecular weight is 245 g/mol. The summed E-state index contributed by atoms with van der Waals surface area (Å²) in [6, 6.07) is 4.56. The van der Waals surface area contributed by atoms with Crippen LogP contribution in [-0.2, 0) is 0 Å².